The van der Waals surface area contributed by atoms with Gasteiger partial charge >= 0.3 is 0 Å². The van der Waals surface area contributed by atoms with Crippen LogP contribution in [-0.2, 0) is 19.4 Å². The lowest BCUT2D eigenvalue weighted by Gasteiger charge is -2.28. The summed E-state index contributed by atoms with van der Waals surface area (Å²) in [5.74, 6) is 1.08. The lowest BCUT2D eigenvalue weighted by molar-refractivity contribution is 0.230. The minimum Gasteiger partial charge on any atom is -0.496 e. The van der Waals surface area contributed by atoms with Gasteiger partial charge in [0.05, 0.1) is 7.11 Å². The van der Waals surface area contributed by atoms with E-state index in [2.05, 4.69) is 22.3 Å². The Bertz CT molecular complexity index is 425. The van der Waals surface area contributed by atoms with E-state index in [0.717, 1.165) is 38.5 Å². The van der Waals surface area contributed by atoms with Crippen LogP contribution in [0.2, 0.25) is 0 Å². The van der Waals surface area contributed by atoms with Crippen LogP contribution in [0.3, 0.4) is 0 Å². The van der Waals surface area contributed by atoms with Crippen LogP contribution in [0.25, 0.3) is 0 Å². The van der Waals surface area contributed by atoms with Gasteiger partial charge in [-0.15, -0.1) is 0 Å². The number of nitrogens with zero attached hydrogens (tertiary/aromatic N) is 1. The van der Waals surface area contributed by atoms with Gasteiger partial charge in [-0.3, -0.25) is 4.90 Å². The van der Waals surface area contributed by atoms with Gasteiger partial charge < -0.3 is 10.1 Å². The van der Waals surface area contributed by atoms with Crippen LogP contribution < -0.4 is 10.1 Å². The largest absolute Gasteiger partial charge is 0.496 e. The number of nitrogens with one attached hydrogen (secondary N) is 1. The van der Waals surface area contributed by atoms with Crippen molar-refractivity contribution in [3.8, 4) is 5.75 Å². The van der Waals surface area contributed by atoms with Gasteiger partial charge in [0, 0.05) is 38.3 Å². The Kier molecular flexibility index (Phi) is 3.52. The summed E-state index contributed by atoms with van der Waals surface area (Å²) in [6.45, 7) is 5.51. The molecule has 98 valence electrons. The average Bonchev–Trinajstić information content (AvgIpc) is 2.86. The van der Waals surface area contributed by atoms with E-state index in [1.807, 2.05) is 0 Å². The number of aryl methyl sites for hydroxylation is 2. The molecule has 1 heterocycles. The van der Waals surface area contributed by atoms with E-state index in [-0.39, 0.29) is 0 Å². The van der Waals surface area contributed by atoms with Gasteiger partial charge in [-0.05, 0) is 36.5 Å². The van der Waals surface area contributed by atoms with E-state index in [4.69, 9.17) is 4.74 Å². The van der Waals surface area contributed by atoms with E-state index in [0.29, 0.717) is 0 Å². The van der Waals surface area contributed by atoms with Crippen LogP contribution in [0.5, 0.6) is 5.75 Å². The average molecular weight is 246 g/mol. The fourth-order valence-electron chi connectivity index (χ4n) is 3.08. The Morgan fingerprint density at radius 3 is 2.61 bits per heavy atom. The number of piperazine rings is 1. The molecule has 1 aliphatic heterocycles. The van der Waals surface area contributed by atoms with E-state index in [9.17, 15) is 0 Å². The highest BCUT2D eigenvalue weighted by Gasteiger charge is 2.17. The molecule has 0 bridgehead atoms. The molecule has 0 amide bonds. The highest BCUT2D eigenvalue weighted by molar-refractivity contribution is 5.44. The van der Waals surface area contributed by atoms with Crippen molar-refractivity contribution in [3.05, 3.63) is 28.8 Å². The lowest BCUT2D eigenvalue weighted by Crippen LogP contribution is -2.42. The maximum Gasteiger partial charge on any atom is 0.123 e. The minimum absolute atomic E-state index is 1.03. The summed E-state index contributed by atoms with van der Waals surface area (Å²) >= 11 is 0. The minimum atomic E-state index is 1.03. The van der Waals surface area contributed by atoms with Crippen LogP contribution in [0.15, 0.2) is 12.1 Å². The molecule has 3 rings (SSSR count). The molecule has 1 aromatic carbocycles. The van der Waals surface area contributed by atoms with Gasteiger partial charge in [-0.1, -0.05) is 6.07 Å². The third-order valence-electron chi connectivity index (χ3n) is 4.10. The van der Waals surface area contributed by atoms with Gasteiger partial charge in [0.2, 0.25) is 0 Å². The molecule has 1 aliphatic carbocycles. The Balaban J connectivity index is 1.81. The lowest BCUT2D eigenvalue weighted by atomic mass is 10.0. The topological polar surface area (TPSA) is 24.5 Å². The van der Waals surface area contributed by atoms with Gasteiger partial charge in [-0.25, -0.2) is 0 Å². The first kappa shape index (κ1) is 12.0. The van der Waals surface area contributed by atoms with Crippen molar-refractivity contribution in [1.82, 2.24) is 10.2 Å². The Morgan fingerprint density at radius 2 is 1.89 bits per heavy atom. The molecule has 2 aliphatic rings. The molecule has 0 saturated carbocycles. The highest BCUT2D eigenvalue weighted by Crippen LogP contribution is 2.30. The monoisotopic (exact) mass is 246 g/mol. The van der Waals surface area contributed by atoms with Crippen LogP contribution >= 0.6 is 0 Å². The summed E-state index contributed by atoms with van der Waals surface area (Å²) in [4.78, 5) is 2.51. The fourth-order valence-corrected chi connectivity index (χ4v) is 3.08. The molecule has 1 saturated heterocycles. The molecule has 0 radical (unpaired) electrons. The van der Waals surface area contributed by atoms with Crippen LogP contribution in [0.1, 0.15) is 23.1 Å². The molecule has 0 spiro atoms. The molecule has 1 fully saturated rings. The molecule has 18 heavy (non-hydrogen) atoms. The summed E-state index contributed by atoms with van der Waals surface area (Å²) in [5, 5.41) is 3.40. The Labute approximate surface area is 109 Å². The number of fused-ring (bicyclic) bond motifs is 1. The van der Waals surface area contributed by atoms with Gasteiger partial charge in [0.1, 0.15) is 5.75 Å². The normalized spacial score (nSPS) is 19.8. The van der Waals surface area contributed by atoms with Crippen molar-refractivity contribution in [1.29, 1.82) is 0 Å². The van der Waals surface area contributed by atoms with E-state index >= 15 is 0 Å². The van der Waals surface area contributed by atoms with Gasteiger partial charge in [0.25, 0.3) is 0 Å². The maximum atomic E-state index is 5.57. The Hall–Kier alpha value is -1.06. The second kappa shape index (κ2) is 5.29. The molecule has 0 unspecified atom stereocenters. The SMILES string of the molecule is COc1cc2c(cc1CN1CCNCC1)CCC2. The molecule has 3 nitrogen and oxygen atoms in total. The first-order valence-corrected chi connectivity index (χ1v) is 6.98. The number of hydrogen-bond donors (Lipinski definition) is 1. The summed E-state index contributed by atoms with van der Waals surface area (Å²) in [6.07, 6.45) is 3.77. The first-order valence-electron chi connectivity index (χ1n) is 6.98. The molecule has 3 heteroatoms. The number of rotatable bonds is 3. The van der Waals surface area contributed by atoms with E-state index in [1.54, 1.807) is 12.7 Å². The molecule has 0 aromatic heterocycles. The molecular weight excluding hydrogens is 224 g/mol. The summed E-state index contributed by atoms with van der Waals surface area (Å²) in [5.41, 5.74) is 4.40. The van der Waals surface area contributed by atoms with Crippen molar-refractivity contribution in [2.24, 2.45) is 0 Å². The standard InChI is InChI=1S/C15H22N2O/c1-18-15-10-13-4-2-3-12(13)9-14(15)11-17-7-5-16-6-8-17/h9-10,16H,2-8,11H2,1H3. The zero-order chi connectivity index (χ0) is 12.4. The summed E-state index contributed by atoms with van der Waals surface area (Å²) in [6, 6.07) is 4.64. The number of ether oxygens (including phenoxy) is 1. The van der Waals surface area contributed by atoms with Crippen LogP contribution in [0.4, 0.5) is 0 Å². The summed E-state index contributed by atoms with van der Waals surface area (Å²) < 4.78 is 5.57. The quantitative estimate of drug-likeness (QED) is 0.876. The number of benzene rings is 1. The van der Waals surface area contributed by atoms with Gasteiger partial charge in [-0.2, -0.15) is 0 Å². The third kappa shape index (κ3) is 2.38. The zero-order valence-electron chi connectivity index (χ0n) is 11.2. The van der Waals surface area contributed by atoms with Crippen molar-refractivity contribution in [3.63, 3.8) is 0 Å². The maximum absolute atomic E-state index is 5.57. The third-order valence-corrected chi connectivity index (χ3v) is 4.10. The molecule has 1 aromatic rings. The number of hydrogen-bond acceptors (Lipinski definition) is 3. The molecule has 1 N–H and O–H groups in total. The van der Waals surface area contributed by atoms with Crippen LogP contribution in [-0.4, -0.2) is 38.2 Å². The van der Waals surface area contributed by atoms with Crippen molar-refractivity contribution < 1.29 is 4.74 Å². The summed E-state index contributed by atoms with van der Waals surface area (Å²) in [7, 11) is 1.79. The van der Waals surface area contributed by atoms with Crippen molar-refractivity contribution in [2.45, 2.75) is 25.8 Å². The molecular formula is C15H22N2O. The van der Waals surface area contributed by atoms with E-state index < -0.39 is 0 Å². The van der Waals surface area contributed by atoms with Crippen molar-refractivity contribution >= 4 is 0 Å². The Morgan fingerprint density at radius 1 is 1.17 bits per heavy atom. The molecule has 0 atom stereocenters. The zero-order valence-corrected chi connectivity index (χ0v) is 11.2. The predicted octanol–water partition coefficient (Wildman–Crippen LogP) is 1.59. The first-order chi connectivity index (χ1) is 8.86. The van der Waals surface area contributed by atoms with E-state index in [1.165, 1.54) is 30.4 Å². The van der Waals surface area contributed by atoms with Crippen molar-refractivity contribution in [2.75, 3.05) is 33.3 Å². The predicted molar refractivity (Wildman–Crippen MR) is 73.2 cm³/mol. The smallest absolute Gasteiger partial charge is 0.123 e. The highest BCUT2D eigenvalue weighted by atomic mass is 16.5. The fraction of sp³-hybridized carbons (Fsp3) is 0.600. The number of methoxy groups -OCH3 is 1. The second-order valence-electron chi connectivity index (χ2n) is 5.31. The second-order valence-corrected chi connectivity index (χ2v) is 5.31. The van der Waals surface area contributed by atoms with Crippen LogP contribution in [0, 0.1) is 0 Å². The van der Waals surface area contributed by atoms with Gasteiger partial charge in [0.15, 0.2) is 0 Å².